The van der Waals surface area contributed by atoms with Crippen molar-refractivity contribution >= 4 is 5.97 Å². The van der Waals surface area contributed by atoms with Gasteiger partial charge in [0.2, 0.25) is 0 Å². The summed E-state index contributed by atoms with van der Waals surface area (Å²) in [5.41, 5.74) is 1.35. The molecule has 0 fully saturated rings. The van der Waals surface area contributed by atoms with Crippen molar-refractivity contribution in [1.82, 2.24) is 14.3 Å². The molecule has 78 valence electrons. The first kappa shape index (κ1) is 9.51. The lowest BCUT2D eigenvalue weighted by molar-refractivity contribution is 0.0697. The molecule has 2 aromatic rings. The molecule has 5 nitrogen and oxygen atoms in total. The molecule has 0 aliphatic carbocycles. The van der Waals surface area contributed by atoms with E-state index in [4.69, 9.17) is 5.11 Å². The quantitative estimate of drug-likeness (QED) is 0.812. The zero-order valence-electron chi connectivity index (χ0n) is 8.29. The Balaban J connectivity index is 2.14. The molecule has 0 bridgehead atoms. The van der Waals surface area contributed by atoms with Crippen molar-refractivity contribution in [1.29, 1.82) is 0 Å². The van der Waals surface area contributed by atoms with Crippen LogP contribution in [0.15, 0.2) is 30.9 Å². The lowest BCUT2D eigenvalue weighted by atomic mass is 10.3. The molecule has 0 saturated carbocycles. The SMILES string of the molecule is Cn1cc(Cn2ccc(C(=O)O)c2)cn1. The minimum atomic E-state index is -0.903. The first-order valence-electron chi connectivity index (χ1n) is 4.52. The summed E-state index contributed by atoms with van der Waals surface area (Å²) in [6, 6.07) is 1.58. The highest BCUT2D eigenvalue weighted by Crippen LogP contribution is 2.05. The Hall–Kier alpha value is -2.04. The Morgan fingerprint density at radius 3 is 2.87 bits per heavy atom. The van der Waals surface area contributed by atoms with E-state index in [9.17, 15) is 4.79 Å². The molecule has 0 saturated heterocycles. The molecule has 2 heterocycles. The first-order chi connectivity index (χ1) is 7.15. The number of hydrogen-bond donors (Lipinski definition) is 1. The van der Waals surface area contributed by atoms with Crippen LogP contribution in [0.2, 0.25) is 0 Å². The van der Waals surface area contributed by atoms with Gasteiger partial charge in [-0.1, -0.05) is 0 Å². The summed E-state index contributed by atoms with van der Waals surface area (Å²) in [7, 11) is 1.85. The maximum absolute atomic E-state index is 10.6. The Kier molecular flexibility index (Phi) is 2.29. The fraction of sp³-hybridized carbons (Fsp3) is 0.200. The summed E-state index contributed by atoms with van der Waals surface area (Å²) < 4.78 is 3.54. The van der Waals surface area contributed by atoms with Gasteiger partial charge in [-0.15, -0.1) is 0 Å². The molecule has 0 atom stereocenters. The summed E-state index contributed by atoms with van der Waals surface area (Å²) in [5, 5.41) is 12.8. The Morgan fingerprint density at radius 2 is 2.33 bits per heavy atom. The summed E-state index contributed by atoms with van der Waals surface area (Å²) >= 11 is 0. The van der Waals surface area contributed by atoms with E-state index in [1.165, 1.54) is 0 Å². The van der Waals surface area contributed by atoms with Gasteiger partial charge in [-0.3, -0.25) is 4.68 Å². The Labute approximate surface area is 86.6 Å². The van der Waals surface area contributed by atoms with Crippen LogP contribution in [0.25, 0.3) is 0 Å². The van der Waals surface area contributed by atoms with E-state index in [0.29, 0.717) is 12.1 Å². The highest BCUT2D eigenvalue weighted by atomic mass is 16.4. The van der Waals surface area contributed by atoms with Gasteiger partial charge < -0.3 is 9.67 Å². The standard InChI is InChI=1S/C10H11N3O2/c1-12-5-8(4-11-12)6-13-3-2-9(7-13)10(14)15/h2-5,7H,6H2,1H3,(H,14,15). The Bertz CT molecular complexity index is 484. The van der Waals surface area contributed by atoms with Gasteiger partial charge in [0, 0.05) is 31.2 Å². The van der Waals surface area contributed by atoms with Crippen molar-refractivity contribution in [3.8, 4) is 0 Å². The van der Waals surface area contributed by atoms with Gasteiger partial charge >= 0.3 is 5.97 Å². The summed E-state index contributed by atoms with van der Waals surface area (Å²) in [5.74, 6) is -0.903. The predicted octanol–water partition coefficient (Wildman–Crippen LogP) is 0.968. The average molecular weight is 205 g/mol. The minimum Gasteiger partial charge on any atom is -0.478 e. The number of aryl methyl sites for hydroxylation is 1. The molecule has 5 heteroatoms. The van der Waals surface area contributed by atoms with Gasteiger partial charge in [-0.05, 0) is 6.07 Å². The van der Waals surface area contributed by atoms with E-state index in [1.807, 2.05) is 17.8 Å². The molecule has 0 amide bonds. The van der Waals surface area contributed by atoms with Gasteiger partial charge in [0.15, 0.2) is 0 Å². The van der Waals surface area contributed by atoms with Crippen LogP contribution in [0.4, 0.5) is 0 Å². The zero-order valence-corrected chi connectivity index (χ0v) is 8.29. The molecule has 0 unspecified atom stereocenters. The van der Waals surface area contributed by atoms with Crippen molar-refractivity contribution in [3.63, 3.8) is 0 Å². The third-order valence-electron chi connectivity index (χ3n) is 2.12. The second-order valence-corrected chi connectivity index (χ2v) is 3.40. The van der Waals surface area contributed by atoms with Gasteiger partial charge in [-0.25, -0.2) is 4.79 Å². The van der Waals surface area contributed by atoms with Crippen LogP contribution in [0.1, 0.15) is 15.9 Å². The van der Waals surface area contributed by atoms with Crippen LogP contribution < -0.4 is 0 Å². The van der Waals surface area contributed by atoms with Gasteiger partial charge in [0.05, 0.1) is 18.3 Å². The molecule has 0 radical (unpaired) electrons. The monoisotopic (exact) mass is 205 g/mol. The third kappa shape index (κ3) is 2.07. The van der Waals surface area contributed by atoms with Gasteiger partial charge in [-0.2, -0.15) is 5.10 Å². The van der Waals surface area contributed by atoms with Crippen LogP contribution in [-0.4, -0.2) is 25.4 Å². The predicted molar refractivity (Wildman–Crippen MR) is 53.7 cm³/mol. The molecular weight excluding hydrogens is 194 g/mol. The number of aromatic nitrogens is 3. The summed E-state index contributed by atoms with van der Waals surface area (Å²) in [4.78, 5) is 10.6. The van der Waals surface area contributed by atoms with E-state index < -0.39 is 5.97 Å². The maximum atomic E-state index is 10.6. The molecule has 0 aromatic carbocycles. The largest absolute Gasteiger partial charge is 0.478 e. The van der Waals surface area contributed by atoms with Crippen LogP contribution >= 0.6 is 0 Å². The molecule has 0 aliphatic rings. The number of carbonyl (C=O) groups is 1. The highest BCUT2D eigenvalue weighted by molar-refractivity contribution is 5.87. The van der Waals surface area contributed by atoms with E-state index >= 15 is 0 Å². The average Bonchev–Trinajstić information content (AvgIpc) is 2.76. The van der Waals surface area contributed by atoms with Crippen LogP contribution in [0.3, 0.4) is 0 Å². The topological polar surface area (TPSA) is 60.0 Å². The van der Waals surface area contributed by atoms with Crippen molar-refractivity contribution in [2.24, 2.45) is 7.05 Å². The smallest absolute Gasteiger partial charge is 0.337 e. The van der Waals surface area contributed by atoms with E-state index in [0.717, 1.165) is 5.56 Å². The molecular formula is C10H11N3O2. The fourth-order valence-corrected chi connectivity index (χ4v) is 1.43. The number of nitrogens with zero attached hydrogens (tertiary/aromatic N) is 3. The van der Waals surface area contributed by atoms with Crippen molar-refractivity contribution in [2.45, 2.75) is 6.54 Å². The fourth-order valence-electron chi connectivity index (χ4n) is 1.43. The Morgan fingerprint density at radius 1 is 1.53 bits per heavy atom. The van der Waals surface area contributed by atoms with E-state index in [-0.39, 0.29) is 0 Å². The molecule has 0 spiro atoms. The van der Waals surface area contributed by atoms with Crippen molar-refractivity contribution in [3.05, 3.63) is 42.0 Å². The maximum Gasteiger partial charge on any atom is 0.337 e. The van der Waals surface area contributed by atoms with Crippen LogP contribution in [0, 0.1) is 0 Å². The van der Waals surface area contributed by atoms with Crippen LogP contribution in [0.5, 0.6) is 0 Å². The first-order valence-corrected chi connectivity index (χ1v) is 4.52. The van der Waals surface area contributed by atoms with Gasteiger partial charge in [0.25, 0.3) is 0 Å². The number of rotatable bonds is 3. The van der Waals surface area contributed by atoms with Crippen LogP contribution in [-0.2, 0) is 13.6 Å². The normalized spacial score (nSPS) is 10.5. The molecule has 15 heavy (non-hydrogen) atoms. The van der Waals surface area contributed by atoms with Gasteiger partial charge in [0.1, 0.15) is 0 Å². The second-order valence-electron chi connectivity index (χ2n) is 3.40. The number of carboxylic acid groups (broad SMARTS) is 1. The van der Waals surface area contributed by atoms with E-state index in [2.05, 4.69) is 5.10 Å². The number of carboxylic acids is 1. The third-order valence-corrected chi connectivity index (χ3v) is 2.12. The number of hydrogen-bond acceptors (Lipinski definition) is 2. The van der Waals surface area contributed by atoms with E-state index in [1.54, 1.807) is 29.3 Å². The van der Waals surface area contributed by atoms with Crippen molar-refractivity contribution < 1.29 is 9.90 Å². The molecule has 1 N–H and O–H groups in total. The highest BCUT2D eigenvalue weighted by Gasteiger charge is 2.04. The summed E-state index contributed by atoms with van der Waals surface area (Å²) in [6.07, 6.45) is 7.02. The zero-order chi connectivity index (χ0) is 10.8. The van der Waals surface area contributed by atoms with Crippen molar-refractivity contribution in [2.75, 3.05) is 0 Å². The molecule has 2 aromatic heterocycles. The lowest BCUT2D eigenvalue weighted by Gasteiger charge is -1.98. The minimum absolute atomic E-state index is 0.305. The number of aromatic carboxylic acids is 1. The molecule has 2 rings (SSSR count). The molecule has 0 aliphatic heterocycles. The lowest BCUT2D eigenvalue weighted by Crippen LogP contribution is -1.97. The summed E-state index contributed by atoms with van der Waals surface area (Å²) in [6.45, 7) is 0.640. The second kappa shape index (κ2) is 3.61.